The summed E-state index contributed by atoms with van der Waals surface area (Å²) in [6.45, 7) is -4.85. The second-order valence-corrected chi connectivity index (χ2v) is 8.31. The Bertz CT molecular complexity index is 948. The van der Waals surface area contributed by atoms with E-state index < -0.39 is 67.7 Å². The Labute approximate surface area is 240 Å². The highest BCUT2D eigenvalue weighted by Gasteiger charge is 2.80. The van der Waals surface area contributed by atoms with Crippen molar-refractivity contribution in [3.05, 3.63) is 10.4 Å². The maximum atomic E-state index is 14.4. The third-order valence-corrected chi connectivity index (χ3v) is 4.53. The summed E-state index contributed by atoms with van der Waals surface area (Å²) < 4.78 is 180. The topological polar surface area (TPSA) is 153 Å². The average molecular weight is 677 g/mol. The summed E-state index contributed by atoms with van der Waals surface area (Å²) in [6, 6.07) is 0. The van der Waals surface area contributed by atoms with E-state index in [2.05, 4.69) is 24.8 Å². The Balaban J connectivity index is 4.79. The minimum Gasteiger partial charge on any atom is -0.379 e. The first kappa shape index (κ1) is 41.2. The number of ether oxygens (including phenoxy) is 5. The molecule has 0 saturated heterocycles. The molecule has 0 aliphatic heterocycles. The summed E-state index contributed by atoms with van der Waals surface area (Å²) in [5, 5.41) is 6.58. The number of azide groups is 1. The lowest BCUT2D eigenvalue weighted by Gasteiger charge is -2.37. The highest BCUT2D eigenvalue weighted by Crippen LogP contribution is 2.51. The van der Waals surface area contributed by atoms with Crippen LogP contribution in [0, 0.1) is 0 Å². The molecule has 0 aromatic heterocycles. The number of alkyl halides is 12. The third-order valence-electron chi connectivity index (χ3n) is 4.53. The van der Waals surface area contributed by atoms with Crippen molar-refractivity contribution in [1.82, 2.24) is 10.6 Å². The number of rotatable bonds is 22. The summed E-state index contributed by atoms with van der Waals surface area (Å²) in [5.41, 5.74) is 8.07. The second-order valence-electron chi connectivity index (χ2n) is 8.31. The largest absolute Gasteiger partial charge is 0.458 e. The third kappa shape index (κ3) is 13.9. The molecule has 44 heavy (non-hydrogen) atoms. The molecule has 24 heteroatoms. The summed E-state index contributed by atoms with van der Waals surface area (Å²) in [6.07, 6.45) is -21.1. The van der Waals surface area contributed by atoms with E-state index in [1.54, 1.807) is 0 Å². The van der Waals surface area contributed by atoms with E-state index in [9.17, 15) is 62.3 Å². The zero-order chi connectivity index (χ0) is 34.3. The quantitative estimate of drug-likeness (QED) is 0.0583. The molecule has 2 N–H and O–H groups in total. The number of halogens is 12. The Morgan fingerprint density at radius 1 is 0.750 bits per heavy atom. The van der Waals surface area contributed by atoms with Gasteiger partial charge in [0.05, 0.1) is 39.6 Å². The summed E-state index contributed by atoms with van der Waals surface area (Å²) in [7, 11) is 0. The first-order valence-corrected chi connectivity index (χ1v) is 11.9. The fourth-order valence-electron chi connectivity index (χ4n) is 2.47. The Kier molecular flexibility index (Phi) is 16.5. The number of amides is 2. The van der Waals surface area contributed by atoms with Crippen LogP contribution in [0.25, 0.3) is 10.4 Å². The van der Waals surface area contributed by atoms with Crippen LogP contribution in [0.4, 0.5) is 52.7 Å². The van der Waals surface area contributed by atoms with Crippen molar-refractivity contribution in [2.24, 2.45) is 5.11 Å². The number of hydrogen-bond acceptors (Lipinski definition) is 8. The standard InChI is InChI=1S/C20H27F12N5O7/c1-15(21,22)12-43-17(24,19(28,29)30)20(31,32)44-16(23,18(25,26)27)14(39)35-4-8-41-7-3-34-13(38)2-6-40-10-11-42-9-5-36-37-33/h2-12H2,1H3,(H,34,38)(H,35,39). The Hall–Kier alpha value is -2.79. The van der Waals surface area contributed by atoms with E-state index in [-0.39, 0.29) is 59.5 Å². The molecule has 12 nitrogen and oxygen atoms in total. The molecule has 0 saturated carbocycles. The second kappa shape index (κ2) is 17.6. The van der Waals surface area contributed by atoms with Gasteiger partial charge in [-0.3, -0.25) is 14.3 Å². The van der Waals surface area contributed by atoms with E-state index >= 15 is 0 Å². The maximum absolute atomic E-state index is 14.4. The normalized spacial score (nSPS) is 15.6. The molecule has 2 unspecified atom stereocenters. The summed E-state index contributed by atoms with van der Waals surface area (Å²) in [5.74, 6) is -21.2. The number of hydrogen-bond donors (Lipinski definition) is 2. The zero-order valence-electron chi connectivity index (χ0n) is 22.5. The number of nitrogens with one attached hydrogen (secondary N) is 2. The van der Waals surface area contributed by atoms with E-state index in [4.69, 9.17) is 19.7 Å². The van der Waals surface area contributed by atoms with Gasteiger partial charge in [0.25, 0.3) is 11.8 Å². The lowest BCUT2D eigenvalue weighted by molar-refractivity contribution is -0.498. The molecular weight excluding hydrogens is 650 g/mol. The fourth-order valence-corrected chi connectivity index (χ4v) is 2.47. The lowest BCUT2D eigenvalue weighted by Crippen LogP contribution is -2.66. The van der Waals surface area contributed by atoms with Gasteiger partial charge in [-0.2, -0.15) is 43.9 Å². The fraction of sp³-hybridized carbons (Fsp3) is 0.900. The molecule has 0 aromatic carbocycles. The van der Waals surface area contributed by atoms with E-state index in [0.29, 0.717) is 0 Å². The van der Waals surface area contributed by atoms with Crippen LogP contribution in [0.5, 0.6) is 0 Å². The molecule has 0 aliphatic carbocycles. The van der Waals surface area contributed by atoms with Gasteiger partial charge in [-0.15, -0.1) is 0 Å². The predicted octanol–water partition coefficient (Wildman–Crippen LogP) is 3.71. The van der Waals surface area contributed by atoms with Gasteiger partial charge in [0, 0.05) is 37.9 Å². The van der Waals surface area contributed by atoms with Gasteiger partial charge in [-0.1, -0.05) is 5.11 Å². The molecule has 0 fully saturated rings. The average Bonchev–Trinajstić information content (AvgIpc) is 2.87. The highest BCUT2D eigenvalue weighted by atomic mass is 19.4. The molecule has 2 atom stereocenters. The minimum absolute atomic E-state index is 0.0204. The first-order chi connectivity index (χ1) is 20.0. The van der Waals surface area contributed by atoms with Gasteiger partial charge in [0.2, 0.25) is 5.91 Å². The van der Waals surface area contributed by atoms with Crippen LogP contribution in [-0.2, 0) is 33.3 Å². The molecule has 0 spiro atoms. The highest BCUT2D eigenvalue weighted by molar-refractivity contribution is 5.84. The number of carbonyl (C=O) groups excluding carboxylic acids is 2. The van der Waals surface area contributed by atoms with Crippen molar-refractivity contribution in [3.8, 4) is 0 Å². The Morgan fingerprint density at radius 3 is 1.77 bits per heavy atom. The van der Waals surface area contributed by atoms with Gasteiger partial charge in [0.1, 0.15) is 6.61 Å². The molecule has 0 rings (SSSR count). The van der Waals surface area contributed by atoms with E-state index in [1.165, 1.54) is 0 Å². The first-order valence-electron chi connectivity index (χ1n) is 11.9. The van der Waals surface area contributed by atoms with Crippen molar-refractivity contribution in [2.75, 3.05) is 65.9 Å². The van der Waals surface area contributed by atoms with E-state index in [0.717, 1.165) is 5.32 Å². The minimum atomic E-state index is -7.06. The van der Waals surface area contributed by atoms with Crippen LogP contribution in [0.3, 0.4) is 0 Å². The van der Waals surface area contributed by atoms with Gasteiger partial charge in [-0.25, -0.2) is 8.78 Å². The molecule has 0 aromatic rings. The predicted molar refractivity (Wildman–Crippen MR) is 119 cm³/mol. The molecule has 258 valence electrons. The SMILES string of the molecule is CC(F)(F)COC(F)(C(F)(F)F)C(F)(F)OC(F)(C(=O)NCCOCCNC(=O)CCOCCOCCN=[N+]=[N-])C(F)(F)F. The van der Waals surface area contributed by atoms with Crippen LogP contribution >= 0.6 is 0 Å². The van der Waals surface area contributed by atoms with Gasteiger partial charge >= 0.3 is 30.2 Å². The molecule has 2 amide bonds. The smallest absolute Gasteiger partial charge is 0.379 e. The summed E-state index contributed by atoms with van der Waals surface area (Å²) in [4.78, 5) is 25.8. The molecule has 0 heterocycles. The number of nitrogens with zero attached hydrogens (tertiary/aromatic N) is 3. The van der Waals surface area contributed by atoms with Gasteiger partial charge < -0.3 is 29.6 Å². The van der Waals surface area contributed by atoms with Gasteiger partial charge in [-0.05, 0) is 5.53 Å². The molecule has 0 radical (unpaired) electrons. The van der Waals surface area contributed by atoms with Crippen molar-refractivity contribution in [1.29, 1.82) is 0 Å². The molecule has 0 bridgehead atoms. The zero-order valence-corrected chi connectivity index (χ0v) is 22.5. The van der Waals surface area contributed by atoms with Crippen LogP contribution in [0.1, 0.15) is 13.3 Å². The molecule has 0 aliphatic rings. The van der Waals surface area contributed by atoms with Crippen LogP contribution in [-0.4, -0.2) is 114 Å². The summed E-state index contributed by atoms with van der Waals surface area (Å²) >= 11 is 0. The van der Waals surface area contributed by atoms with Crippen LogP contribution < -0.4 is 10.6 Å². The van der Waals surface area contributed by atoms with Crippen molar-refractivity contribution < 1.29 is 86.0 Å². The molecular formula is C20H27F12N5O7. The van der Waals surface area contributed by atoms with Crippen LogP contribution in [0.15, 0.2) is 5.11 Å². The van der Waals surface area contributed by atoms with Crippen molar-refractivity contribution in [3.63, 3.8) is 0 Å². The van der Waals surface area contributed by atoms with E-state index in [1.807, 2.05) is 0 Å². The van der Waals surface area contributed by atoms with Gasteiger partial charge in [0.15, 0.2) is 0 Å². The monoisotopic (exact) mass is 677 g/mol. The maximum Gasteiger partial charge on any atom is 0.458 e. The van der Waals surface area contributed by atoms with Crippen molar-refractivity contribution in [2.45, 2.75) is 49.4 Å². The van der Waals surface area contributed by atoms with Crippen molar-refractivity contribution >= 4 is 11.8 Å². The lowest BCUT2D eigenvalue weighted by atomic mass is 10.2. The van der Waals surface area contributed by atoms with Crippen LogP contribution in [0.2, 0.25) is 0 Å². The Morgan fingerprint density at radius 2 is 1.27 bits per heavy atom. The number of carbonyl (C=O) groups is 2.